The molecule has 2 rings (SSSR count). The molecule has 0 unspecified atom stereocenters. The highest BCUT2D eigenvalue weighted by Crippen LogP contribution is 2.33. The number of pyridine rings is 1. The van der Waals surface area contributed by atoms with Crippen molar-refractivity contribution < 1.29 is 9.53 Å². The number of nitrogens with one attached hydrogen (secondary N) is 2. The largest absolute Gasteiger partial charge is 0.495 e. The molecule has 1 aromatic carbocycles. The maximum Gasteiger partial charge on any atom is 0.252 e. The smallest absolute Gasteiger partial charge is 0.252 e. The van der Waals surface area contributed by atoms with Crippen molar-refractivity contribution in [2.24, 2.45) is 5.92 Å². The van der Waals surface area contributed by atoms with Gasteiger partial charge in [0.1, 0.15) is 5.75 Å². The van der Waals surface area contributed by atoms with Gasteiger partial charge in [0.05, 0.1) is 30.2 Å². The molecule has 0 aliphatic carbocycles. The summed E-state index contributed by atoms with van der Waals surface area (Å²) in [4.78, 5) is 16.3. The molecule has 0 fully saturated rings. The Hall–Kier alpha value is -2.27. The number of amides is 1. The lowest BCUT2D eigenvalue weighted by Crippen LogP contribution is -2.27. The maximum absolute atomic E-state index is 12.2. The monoisotopic (exact) mass is 347 g/mol. The molecule has 5 nitrogen and oxygen atoms in total. The van der Waals surface area contributed by atoms with Crippen molar-refractivity contribution in [3.63, 3.8) is 0 Å². The van der Waals surface area contributed by atoms with Crippen molar-refractivity contribution in [1.29, 1.82) is 0 Å². The average Bonchev–Trinajstić information content (AvgIpc) is 2.56. The van der Waals surface area contributed by atoms with Gasteiger partial charge in [-0.2, -0.15) is 0 Å². The van der Waals surface area contributed by atoms with Crippen LogP contribution < -0.4 is 15.4 Å². The number of methoxy groups -OCH3 is 1. The van der Waals surface area contributed by atoms with Crippen LogP contribution in [0.15, 0.2) is 30.6 Å². The summed E-state index contributed by atoms with van der Waals surface area (Å²) in [6.07, 6.45) is 3.20. The lowest BCUT2D eigenvalue weighted by molar-refractivity contribution is 0.0948. The van der Waals surface area contributed by atoms with Gasteiger partial charge in [-0.25, -0.2) is 0 Å². The Bertz CT molecular complexity index is 732. The van der Waals surface area contributed by atoms with Crippen molar-refractivity contribution in [3.05, 3.63) is 46.7 Å². The second-order valence-electron chi connectivity index (χ2n) is 5.99. The number of aryl methyl sites for hydroxylation is 1. The predicted octanol–water partition coefficient (Wildman–Crippen LogP) is 4.18. The molecule has 0 saturated carbocycles. The summed E-state index contributed by atoms with van der Waals surface area (Å²) in [6.45, 7) is 6.64. The Labute approximate surface area is 147 Å². The predicted molar refractivity (Wildman–Crippen MR) is 97.4 cm³/mol. The van der Waals surface area contributed by atoms with Crippen LogP contribution in [0.3, 0.4) is 0 Å². The molecular formula is C18H22ClN3O2. The number of carbonyl (C=O) groups excluding carboxylic acids is 1. The Morgan fingerprint density at radius 1 is 1.29 bits per heavy atom. The molecule has 6 heteroatoms. The number of ether oxygens (including phenoxy) is 1. The van der Waals surface area contributed by atoms with E-state index in [1.54, 1.807) is 31.6 Å². The number of nitrogens with zero attached hydrogens (tertiary/aromatic N) is 1. The molecule has 0 bridgehead atoms. The fourth-order valence-corrected chi connectivity index (χ4v) is 2.27. The van der Waals surface area contributed by atoms with E-state index in [9.17, 15) is 4.79 Å². The second-order valence-corrected chi connectivity index (χ2v) is 6.40. The molecule has 0 aliphatic rings. The summed E-state index contributed by atoms with van der Waals surface area (Å²) in [5, 5.41) is 6.74. The van der Waals surface area contributed by atoms with Crippen LogP contribution in [0.25, 0.3) is 0 Å². The van der Waals surface area contributed by atoms with Crippen LogP contribution in [-0.4, -0.2) is 24.5 Å². The van der Waals surface area contributed by atoms with Crippen LogP contribution in [-0.2, 0) is 0 Å². The zero-order valence-electron chi connectivity index (χ0n) is 14.3. The first-order valence-corrected chi connectivity index (χ1v) is 8.13. The van der Waals surface area contributed by atoms with Gasteiger partial charge in [0.2, 0.25) is 0 Å². The van der Waals surface area contributed by atoms with Gasteiger partial charge in [-0.15, -0.1) is 0 Å². The van der Waals surface area contributed by atoms with E-state index in [4.69, 9.17) is 16.3 Å². The lowest BCUT2D eigenvalue weighted by atomic mass is 10.2. The van der Waals surface area contributed by atoms with Crippen molar-refractivity contribution in [3.8, 4) is 5.75 Å². The van der Waals surface area contributed by atoms with Crippen LogP contribution in [0.4, 0.5) is 11.4 Å². The van der Waals surface area contributed by atoms with E-state index in [-0.39, 0.29) is 5.91 Å². The molecule has 1 amide bonds. The third-order valence-corrected chi connectivity index (χ3v) is 3.84. The standard InChI is InChI=1S/C18H22ClN3O2/c1-11(2)8-21-18(23)13-6-14(10-20-9-13)22-16-5-12(3)15(19)7-17(16)24-4/h5-7,9-11,22H,8H2,1-4H3,(H,21,23). The molecule has 2 N–H and O–H groups in total. The molecule has 24 heavy (non-hydrogen) atoms. The highest BCUT2D eigenvalue weighted by molar-refractivity contribution is 6.31. The summed E-state index contributed by atoms with van der Waals surface area (Å²) in [6, 6.07) is 5.41. The summed E-state index contributed by atoms with van der Waals surface area (Å²) < 4.78 is 5.35. The van der Waals surface area contributed by atoms with E-state index < -0.39 is 0 Å². The van der Waals surface area contributed by atoms with Crippen molar-refractivity contribution in [2.75, 3.05) is 19.0 Å². The Morgan fingerprint density at radius 3 is 2.71 bits per heavy atom. The zero-order chi connectivity index (χ0) is 17.7. The number of anilines is 2. The topological polar surface area (TPSA) is 63.2 Å². The van der Waals surface area contributed by atoms with Crippen LogP contribution in [0.1, 0.15) is 29.8 Å². The fraction of sp³-hybridized carbons (Fsp3) is 0.333. The molecule has 0 saturated heterocycles. The van der Waals surface area contributed by atoms with Gasteiger partial charge in [-0.05, 0) is 30.5 Å². The Morgan fingerprint density at radius 2 is 2.04 bits per heavy atom. The minimum absolute atomic E-state index is 0.140. The van der Waals surface area contributed by atoms with E-state index in [1.807, 2.05) is 26.8 Å². The first-order valence-electron chi connectivity index (χ1n) is 7.75. The highest BCUT2D eigenvalue weighted by atomic mass is 35.5. The molecule has 1 heterocycles. The first kappa shape index (κ1) is 18.1. The normalized spacial score (nSPS) is 10.6. The Kier molecular flexibility index (Phi) is 6.04. The number of aromatic nitrogens is 1. The number of benzene rings is 1. The van der Waals surface area contributed by atoms with Crippen LogP contribution in [0, 0.1) is 12.8 Å². The molecule has 0 radical (unpaired) electrons. The van der Waals surface area contributed by atoms with E-state index in [0.29, 0.717) is 34.5 Å². The van der Waals surface area contributed by atoms with Gasteiger partial charge in [0, 0.05) is 23.8 Å². The van der Waals surface area contributed by atoms with Crippen LogP contribution >= 0.6 is 11.6 Å². The number of rotatable bonds is 6. The number of halogens is 1. The maximum atomic E-state index is 12.2. The third-order valence-electron chi connectivity index (χ3n) is 3.43. The van der Waals surface area contributed by atoms with Crippen LogP contribution in [0.2, 0.25) is 5.02 Å². The minimum Gasteiger partial charge on any atom is -0.495 e. The van der Waals surface area contributed by atoms with Gasteiger partial charge in [-0.1, -0.05) is 25.4 Å². The van der Waals surface area contributed by atoms with Gasteiger partial charge in [0.25, 0.3) is 5.91 Å². The lowest BCUT2D eigenvalue weighted by Gasteiger charge is -2.14. The number of hydrogen-bond donors (Lipinski definition) is 2. The fourth-order valence-electron chi connectivity index (χ4n) is 2.12. The van der Waals surface area contributed by atoms with Crippen molar-refractivity contribution >= 4 is 28.9 Å². The molecule has 0 atom stereocenters. The van der Waals surface area contributed by atoms with E-state index in [0.717, 1.165) is 11.3 Å². The Balaban J connectivity index is 2.21. The van der Waals surface area contributed by atoms with Gasteiger partial charge < -0.3 is 15.4 Å². The van der Waals surface area contributed by atoms with Crippen LogP contribution in [0.5, 0.6) is 5.75 Å². The molecule has 0 spiro atoms. The molecule has 1 aromatic heterocycles. The first-order chi connectivity index (χ1) is 11.4. The second kappa shape index (κ2) is 8.02. The highest BCUT2D eigenvalue weighted by Gasteiger charge is 2.10. The minimum atomic E-state index is -0.140. The molecule has 0 aliphatic heterocycles. The van der Waals surface area contributed by atoms with E-state index in [1.165, 1.54) is 0 Å². The van der Waals surface area contributed by atoms with Crippen molar-refractivity contribution in [1.82, 2.24) is 10.3 Å². The van der Waals surface area contributed by atoms with Gasteiger partial charge in [0.15, 0.2) is 0 Å². The SMILES string of the molecule is COc1cc(Cl)c(C)cc1Nc1cncc(C(=O)NCC(C)C)c1. The summed E-state index contributed by atoms with van der Waals surface area (Å²) in [5.74, 6) is 0.879. The summed E-state index contributed by atoms with van der Waals surface area (Å²) >= 11 is 6.12. The molecule has 2 aromatic rings. The van der Waals surface area contributed by atoms with Gasteiger partial charge in [-0.3, -0.25) is 9.78 Å². The zero-order valence-corrected chi connectivity index (χ0v) is 15.1. The number of carbonyl (C=O) groups is 1. The average molecular weight is 348 g/mol. The molecular weight excluding hydrogens is 326 g/mol. The summed E-state index contributed by atoms with van der Waals surface area (Å²) in [7, 11) is 1.58. The summed E-state index contributed by atoms with van der Waals surface area (Å²) in [5.41, 5.74) is 2.90. The van der Waals surface area contributed by atoms with Crippen molar-refractivity contribution in [2.45, 2.75) is 20.8 Å². The molecule has 128 valence electrons. The number of hydrogen-bond acceptors (Lipinski definition) is 4. The quantitative estimate of drug-likeness (QED) is 0.822. The third kappa shape index (κ3) is 4.61. The van der Waals surface area contributed by atoms with E-state index in [2.05, 4.69) is 15.6 Å². The van der Waals surface area contributed by atoms with E-state index >= 15 is 0 Å². The van der Waals surface area contributed by atoms with Gasteiger partial charge >= 0.3 is 0 Å².